The Kier molecular flexibility index (Phi) is 4.16. The standard InChI is InChI=1S/C12H16O3/c1-9-6-4-5-7-10(9)11(8-14-2)12(13)15-3/h6-8H,4-5H2,1-3H3/b11-8+. The number of hydrogen-bond donors (Lipinski definition) is 0. The van der Waals surface area contributed by atoms with Gasteiger partial charge in [0, 0.05) is 0 Å². The van der Waals surface area contributed by atoms with E-state index in [0.29, 0.717) is 5.57 Å². The van der Waals surface area contributed by atoms with Crippen molar-refractivity contribution in [2.45, 2.75) is 19.8 Å². The zero-order valence-electron chi connectivity index (χ0n) is 9.37. The zero-order chi connectivity index (χ0) is 11.3. The molecule has 1 aliphatic rings. The van der Waals surface area contributed by atoms with E-state index >= 15 is 0 Å². The Bertz CT molecular complexity index is 335. The fourth-order valence-corrected chi connectivity index (χ4v) is 1.57. The van der Waals surface area contributed by atoms with Gasteiger partial charge in [-0.25, -0.2) is 4.79 Å². The number of methoxy groups -OCH3 is 2. The number of carbonyl (C=O) groups is 1. The molecule has 0 saturated heterocycles. The molecule has 1 rings (SSSR count). The summed E-state index contributed by atoms with van der Waals surface area (Å²) < 4.78 is 9.61. The normalized spacial score (nSPS) is 16.6. The Balaban J connectivity index is 3.00. The summed E-state index contributed by atoms with van der Waals surface area (Å²) >= 11 is 0. The molecule has 3 nitrogen and oxygen atoms in total. The van der Waals surface area contributed by atoms with Crippen LogP contribution in [-0.2, 0) is 14.3 Å². The Morgan fingerprint density at radius 1 is 1.33 bits per heavy atom. The van der Waals surface area contributed by atoms with Crippen LogP contribution < -0.4 is 0 Å². The van der Waals surface area contributed by atoms with Gasteiger partial charge in [-0.15, -0.1) is 0 Å². The summed E-state index contributed by atoms with van der Waals surface area (Å²) in [6.07, 6.45) is 7.56. The molecule has 0 bridgehead atoms. The van der Waals surface area contributed by atoms with Crippen molar-refractivity contribution in [1.82, 2.24) is 0 Å². The van der Waals surface area contributed by atoms with Gasteiger partial charge in [-0.3, -0.25) is 0 Å². The van der Waals surface area contributed by atoms with Crippen LogP contribution in [0.4, 0.5) is 0 Å². The summed E-state index contributed by atoms with van der Waals surface area (Å²) in [5.41, 5.74) is 2.48. The van der Waals surface area contributed by atoms with Gasteiger partial charge in [-0.1, -0.05) is 12.2 Å². The van der Waals surface area contributed by atoms with Crippen molar-refractivity contribution in [2.75, 3.05) is 14.2 Å². The van der Waals surface area contributed by atoms with Crippen LogP contribution in [0.2, 0.25) is 0 Å². The van der Waals surface area contributed by atoms with Crippen LogP contribution in [0.25, 0.3) is 0 Å². The molecule has 0 radical (unpaired) electrons. The first-order valence-corrected chi connectivity index (χ1v) is 4.89. The quantitative estimate of drug-likeness (QED) is 0.406. The molecular weight excluding hydrogens is 192 g/mol. The first kappa shape index (κ1) is 11.6. The van der Waals surface area contributed by atoms with Gasteiger partial charge >= 0.3 is 5.97 Å². The predicted molar refractivity (Wildman–Crippen MR) is 58.2 cm³/mol. The summed E-state index contributed by atoms with van der Waals surface area (Å²) in [5, 5.41) is 0. The van der Waals surface area contributed by atoms with E-state index in [2.05, 4.69) is 6.08 Å². The van der Waals surface area contributed by atoms with Gasteiger partial charge < -0.3 is 9.47 Å². The van der Waals surface area contributed by atoms with Crippen molar-refractivity contribution in [1.29, 1.82) is 0 Å². The van der Waals surface area contributed by atoms with E-state index in [9.17, 15) is 4.79 Å². The molecule has 0 heterocycles. The lowest BCUT2D eigenvalue weighted by atomic mass is 9.93. The van der Waals surface area contributed by atoms with Crippen molar-refractivity contribution in [3.05, 3.63) is 35.1 Å². The lowest BCUT2D eigenvalue weighted by Gasteiger charge is -2.14. The third kappa shape index (κ3) is 2.72. The van der Waals surface area contributed by atoms with Gasteiger partial charge in [0.2, 0.25) is 0 Å². The molecule has 0 saturated carbocycles. The molecule has 3 heteroatoms. The van der Waals surface area contributed by atoms with Crippen molar-refractivity contribution >= 4 is 5.97 Å². The minimum absolute atomic E-state index is 0.363. The van der Waals surface area contributed by atoms with Crippen LogP contribution >= 0.6 is 0 Å². The average molecular weight is 208 g/mol. The van der Waals surface area contributed by atoms with E-state index in [1.807, 2.05) is 13.0 Å². The van der Waals surface area contributed by atoms with Crippen molar-refractivity contribution in [3.63, 3.8) is 0 Å². The summed E-state index contributed by atoms with van der Waals surface area (Å²) in [6.45, 7) is 1.98. The van der Waals surface area contributed by atoms with Gasteiger partial charge in [0.15, 0.2) is 0 Å². The third-order valence-corrected chi connectivity index (χ3v) is 2.32. The van der Waals surface area contributed by atoms with Crippen molar-refractivity contribution in [2.24, 2.45) is 0 Å². The zero-order valence-corrected chi connectivity index (χ0v) is 9.37. The van der Waals surface area contributed by atoms with Crippen LogP contribution in [0, 0.1) is 0 Å². The Morgan fingerprint density at radius 3 is 2.53 bits per heavy atom. The van der Waals surface area contributed by atoms with E-state index in [0.717, 1.165) is 24.0 Å². The van der Waals surface area contributed by atoms with Gasteiger partial charge in [-0.05, 0) is 30.9 Å². The summed E-state index contributed by atoms with van der Waals surface area (Å²) in [6, 6.07) is 0. The molecule has 0 N–H and O–H groups in total. The fraction of sp³-hybridized carbons (Fsp3) is 0.417. The van der Waals surface area contributed by atoms with Crippen LogP contribution in [0.15, 0.2) is 35.1 Å². The van der Waals surface area contributed by atoms with Gasteiger partial charge in [0.05, 0.1) is 20.5 Å². The van der Waals surface area contributed by atoms with E-state index in [4.69, 9.17) is 9.47 Å². The van der Waals surface area contributed by atoms with Crippen LogP contribution in [0.5, 0.6) is 0 Å². The second-order valence-electron chi connectivity index (χ2n) is 3.34. The molecule has 0 amide bonds. The monoisotopic (exact) mass is 208 g/mol. The molecule has 0 atom stereocenters. The maximum Gasteiger partial charge on any atom is 0.341 e. The molecule has 0 aromatic carbocycles. The topological polar surface area (TPSA) is 35.5 Å². The molecule has 0 spiro atoms. The summed E-state index contributed by atoms with van der Waals surface area (Å²) in [4.78, 5) is 11.5. The highest BCUT2D eigenvalue weighted by Gasteiger charge is 2.18. The number of esters is 1. The lowest BCUT2D eigenvalue weighted by Crippen LogP contribution is -2.09. The average Bonchev–Trinajstić information content (AvgIpc) is 2.26. The lowest BCUT2D eigenvalue weighted by molar-refractivity contribution is -0.135. The molecule has 15 heavy (non-hydrogen) atoms. The SMILES string of the molecule is CO/C=C(/C(=O)OC)C1=CCCC=C1C. The molecule has 1 aliphatic carbocycles. The molecule has 0 aromatic heterocycles. The van der Waals surface area contributed by atoms with E-state index < -0.39 is 0 Å². The highest BCUT2D eigenvalue weighted by Crippen LogP contribution is 2.25. The number of hydrogen-bond acceptors (Lipinski definition) is 3. The summed E-state index contributed by atoms with van der Waals surface area (Å²) in [5.74, 6) is -0.363. The largest absolute Gasteiger partial charge is 0.503 e. The second kappa shape index (κ2) is 5.39. The van der Waals surface area contributed by atoms with Crippen molar-refractivity contribution < 1.29 is 14.3 Å². The molecule has 0 aromatic rings. The number of carbonyl (C=O) groups excluding carboxylic acids is 1. The molecule has 0 fully saturated rings. The minimum atomic E-state index is -0.363. The van der Waals surface area contributed by atoms with Crippen LogP contribution in [0.1, 0.15) is 19.8 Å². The smallest absolute Gasteiger partial charge is 0.341 e. The number of ether oxygens (including phenoxy) is 2. The first-order chi connectivity index (χ1) is 7.20. The Labute approximate surface area is 90.1 Å². The molecule has 0 aliphatic heterocycles. The first-order valence-electron chi connectivity index (χ1n) is 4.89. The summed E-state index contributed by atoms with van der Waals surface area (Å²) in [7, 11) is 2.89. The van der Waals surface area contributed by atoms with Gasteiger partial charge in [0.1, 0.15) is 5.57 Å². The Morgan fingerprint density at radius 2 is 2.00 bits per heavy atom. The van der Waals surface area contributed by atoms with E-state index in [1.165, 1.54) is 20.5 Å². The maximum atomic E-state index is 11.5. The fourth-order valence-electron chi connectivity index (χ4n) is 1.57. The van der Waals surface area contributed by atoms with Crippen LogP contribution in [0.3, 0.4) is 0 Å². The Hall–Kier alpha value is -1.51. The van der Waals surface area contributed by atoms with E-state index in [-0.39, 0.29) is 5.97 Å². The predicted octanol–water partition coefficient (Wildman–Crippen LogP) is 2.36. The van der Waals surface area contributed by atoms with Gasteiger partial charge in [0.25, 0.3) is 0 Å². The molecule has 0 unspecified atom stereocenters. The van der Waals surface area contributed by atoms with E-state index in [1.54, 1.807) is 0 Å². The maximum absolute atomic E-state index is 11.5. The molecule has 82 valence electrons. The van der Waals surface area contributed by atoms with Crippen LogP contribution in [-0.4, -0.2) is 20.2 Å². The second-order valence-corrected chi connectivity index (χ2v) is 3.34. The third-order valence-electron chi connectivity index (χ3n) is 2.32. The highest BCUT2D eigenvalue weighted by atomic mass is 16.5. The number of rotatable bonds is 3. The van der Waals surface area contributed by atoms with Gasteiger partial charge in [-0.2, -0.15) is 0 Å². The highest BCUT2D eigenvalue weighted by molar-refractivity contribution is 5.94. The molecular formula is C12H16O3. The van der Waals surface area contributed by atoms with Crippen molar-refractivity contribution in [3.8, 4) is 0 Å². The number of allylic oxidation sites excluding steroid dienone is 3. The minimum Gasteiger partial charge on any atom is -0.503 e.